The van der Waals surface area contributed by atoms with Crippen molar-refractivity contribution in [3.8, 4) is 6.07 Å². The second-order valence-electron chi connectivity index (χ2n) is 4.23. The Hall–Kier alpha value is -1.04. The summed E-state index contributed by atoms with van der Waals surface area (Å²) in [5.74, 6) is 0. The quantitative estimate of drug-likeness (QED) is 0.726. The number of likely N-dealkylation sites (N-methyl/N-ethyl adjacent to an activating group) is 1. The first-order valence-electron chi connectivity index (χ1n) is 4.99. The van der Waals surface area contributed by atoms with Crippen LogP contribution in [0.3, 0.4) is 0 Å². The van der Waals surface area contributed by atoms with E-state index in [0.717, 1.165) is 18.4 Å². The van der Waals surface area contributed by atoms with Gasteiger partial charge >= 0.3 is 0 Å². The molecule has 0 heterocycles. The van der Waals surface area contributed by atoms with Crippen LogP contribution in [0.15, 0.2) is 12.1 Å². The van der Waals surface area contributed by atoms with E-state index in [1.54, 1.807) is 6.07 Å². The van der Waals surface area contributed by atoms with Gasteiger partial charge in [-0.05, 0) is 50.2 Å². The maximum atomic E-state index is 9.03. The van der Waals surface area contributed by atoms with Gasteiger partial charge in [-0.3, -0.25) is 0 Å². The summed E-state index contributed by atoms with van der Waals surface area (Å²) in [6, 6.07) is 6.48. The van der Waals surface area contributed by atoms with E-state index in [9.17, 15) is 0 Å². The van der Waals surface area contributed by atoms with Gasteiger partial charge in [0, 0.05) is 11.1 Å². The number of rotatable bonds is 1. The molecule has 1 aromatic rings. The van der Waals surface area contributed by atoms with E-state index in [4.69, 9.17) is 16.9 Å². The lowest BCUT2D eigenvalue weighted by atomic mass is 10.0. The van der Waals surface area contributed by atoms with Gasteiger partial charge < -0.3 is 4.90 Å². The van der Waals surface area contributed by atoms with Crippen molar-refractivity contribution in [1.82, 2.24) is 4.90 Å². The van der Waals surface area contributed by atoms with Crippen molar-refractivity contribution in [3.05, 3.63) is 33.8 Å². The molecule has 0 aromatic heterocycles. The van der Waals surface area contributed by atoms with Crippen LogP contribution >= 0.6 is 11.6 Å². The maximum absolute atomic E-state index is 9.03. The van der Waals surface area contributed by atoms with Crippen molar-refractivity contribution in [3.63, 3.8) is 0 Å². The second kappa shape index (κ2) is 3.84. The largest absolute Gasteiger partial charge is 0.306 e. The highest BCUT2D eigenvalue weighted by Crippen LogP contribution is 2.30. The number of fused-ring (bicyclic) bond motifs is 1. The molecule has 0 saturated heterocycles. The Morgan fingerprint density at radius 1 is 1.40 bits per heavy atom. The van der Waals surface area contributed by atoms with Crippen molar-refractivity contribution >= 4 is 11.6 Å². The fourth-order valence-corrected chi connectivity index (χ4v) is 2.38. The van der Waals surface area contributed by atoms with Gasteiger partial charge in [0.15, 0.2) is 0 Å². The summed E-state index contributed by atoms with van der Waals surface area (Å²) in [5, 5.41) is 9.70. The summed E-state index contributed by atoms with van der Waals surface area (Å²) >= 11 is 5.97. The Morgan fingerprint density at radius 3 is 2.73 bits per heavy atom. The van der Waals surface area contributed by atoms with Crippen LogP contribution in [-0.4, -0.2) is 25.0 Å². The molecule has 0 fully saturated rings. The van der Waals surface area contributed by atoms with Gasteiger partial charge in [-0.25, -0.2) is 0 Å². The van der Waals surface area contributed by atoms with Crippen LogP contribution in [0, 0.1) is 11.3 Å². The maximum Gasteiger partial charge on any atom is 0.0995 e. The first-order valence-corrected chi connectivity index (χ1v) is 5.37. The molecule has 1 aliphatic rings. The topological polar surface area (TPSA) is 27.0 Å². The van der Waals surface area contributed by atoms with E-state index < -0.39 is 0 Å². The van der Waals surface area contributed by atoms with E-state index in [-0.39, 0.29) is 0 Å². The predicted octanol–water partition coefficient (Wildman–Crippen LogP) is 2.24. The molecular formula is C12H13ClN2. The van der Waals surface area contributed by atoms with Gasteiger partial charge in [0.1, 0.15) is 0 Å². The van der Waals surface area contributed by atoms with Gasteiger partial charge in [0.05, 0.1) is 11.6 Å². The van der Waals surface area contributed by atoms with Gasteiger partial charge in [0.25, 0.3) is 0 Å². The van der Waals surface area contributed by atoms with E-state index in [0.29, 0.717) is 11.1 Å². The summed E-state index contributed by atoms with van der Waals surface area (Å²) in [6.07, 6.45) is 1.96. The fourth-order valence-electron chi connectivity index (χ4n) is 2.14. The molecule has 0 spiro atoms. The molecule has 2 nitrogen and oxygen atoms in total. The Labute approximate surface area is 95.1 Å². The third-order valence-electron chi connectivity index (χ3n) is 3.05. The Morgan fingerprint density at radius 2 is 2.13 bits per heavy atom. The monoisotopic (exact) mass is 220 g/mol. The number of hydrogen-bond donors (Lipinski definition) is 0. The normalized spacial score (nSPS) is 19.0. The van der Waals surface area contributed by atoms with Gasteiger partial charge in [-0.15, -0.1) is 0 Å². The second-order valence-corrected chi connectivity index (χ2v) is 4.66. The molecule has 0 N–H and O–H groups in total. The highest BCUT2D eigenvalue weighted by atomic mass is 35.5. The summed E-state index contributed by atoms with van der Waals surface area (Å²) in [7, 11) is 4.15. The van der Waals surface area contributed by atoms with Crippen molar-refractivity contribution in [1.29, 1.82) is 5.26 Å². The molecular weight excluding hydrogens is 208 g/mol. The zero-order valence-corrected chi connectivity index (χ0v) is 9.67. The molecule has 2 rings (SSSR count). The first-order chi connectivity index (χ1) is 7.11. The molecule has 0 saturated carbocycles. The minimum absolute atomic E-state index is 0.505. The Kier molecular flexibility index (Phi) is 2.68. The lowest BCUT2D eigenvalue weighted by Crippen LogP contribution is -2.28. The Balaban J connectivity index is 2.42. The molecule has 0 amide bonds. The number of benzene rings is 1. The summed E-state index contributed by atoms with van der Waals surface area (Å²) < 4.78 is 0. The smallest absolute Gasteiger partial charge is 0.0995 e. The number of nitrogens with zero attached hydrogens (tertiary/aromatic N) is 2. The Bertz CT molecular complexity index is 432. The third kappa shape index (κ3) is 1.86. The molecule has 0 aliphatic heterocycles. The molecule has 3 heteroatoms. The van der Waals surface area contributed by atoms with Crippen molar-refractivity contribution in [2.24, 2.45) is 0 Å². The van der Waals surface area contributed by atoms with Gasteiger partial charge in [-0.1, -0.05) is 11.6 Å². The zero-order chi connectivity index (χ0) is 11.0. The average molecular weight is 221 g/mol. The minimum atomic E-state index is 0.505. The first kappa shape index (κ1) is 10.5. The van der Waals surface area contributed by atoms with E-state index in [1.165, 1.54) is 11.1 Å². The molecule has 78 valence electrons. The predicted molar refractivity (Wildman–Crippen MR) is 61.1 cm³/mol. The molecule has 1 aliphatic carbocycles. The van der Waals surface area contributed by atoms with E-state index in [2.05, 4.69) is 25.1 Å². The molecule has 1 unspecified atom stereocenters. The zero-order valence-electron chi connectivity index (χ0n) is 8.92. The van der Waals surface area contributed by atoms with Gasteiger partial charge in [0.2, 0.25) is 0 Å². The van der Waals surface area contributed by atoms with Crippen LogP contribution in [-0.2, 0) is 12.8 Å². The lowest BCUT2D eigenvalue weighted by molar-refractivity contribution is 0.303. The highest BCUT2D eigenvalue weighted by molar-refractivity contribution is 6.30. The van der Waals surface area contributed by atoms with Crippen LogP contribution in [0.5, 0.6) is 0 Å². The number of hydrogen-bond acceptors (Lipinski definition) is 2. The standard InChI is InChI=1S/C12H13ClN2/c1-15(2)11-5-8-3-10(13)4-9(7-14)12(8)6-11/h3-4,11H,5-6H2,1-2H3. The van der Waals surface area contributed by atoms with Gasteiger partial charge in [-0.2, -0.15) is 5.26 Å². The average Bonchev–Trinajstić information content (AvgIpc) is 2.59. The van der Waals surface area contributed by atoms with E-state index >= 15 is 0 Å². The molecule has 0 radical (unpaired) electrons. The van der Waals surface area contributed by atoms with Crippen LogP contribution in [0.25, 0.3) is 0 Å². The molecule has 15 heavy (non-hydrogen) atoms. The fraction of sp³-hybridized carbons (Fsp3) is 0.417. The van der Waals surface area contributed by atoms with Crippen LogP contribution < -0.4 is 0 Å². The summed E-state index contributed by atoms with van der Waals surface area (Å²) in [4.78, 5) is 2.20. The minimum Gasteiger partial charge on any atom is -0.306 e. The van der Waals surface area contributed by atoms with Crippen molar-refractivity contribution in [2.75, 3.05) is 14.1 Å². The molecule has 1 atom stereocenters. The number of nitriles is 1. The van der Waals surface area contributed by atoms with Crippen LogP contribution in [0.1, 0.15) is 16.7 Å². The highest BCUT2D eigenvalue weighted by Gasteiger charge is 2.25. The summed E-state index contributed by atoms with van der Waals surface area (Å²) in [6.45, 7) is 0. The molecule has 0 bridgehead atoms. The van der Waals surface area contributed by atoms with Crippen LogP contribution in [0.2, 0.25) is 5.02 Å². The third-order valence-corrected chi connectivity index (χ3v) is 3.27. The molecule has 1 aromatic carbocycles. The van der Waals surface area contributed by atoms with Crippen molar-refractivity contribution in [2.45, 2.75) is 18.9 Å². The number of halogens is 1. The van der Waals surface area contributed by atoms with E-state index in [1.807, 2.05) is 6.07 Å². The van der Waals surface area contributed by atoms with Crippen molar-refractivity contribution < 1.29 is 0 Å². The lowest BCUT2D eigenvalue weighted by Gasteiger charge is -2.17. The SMILES string of the molecule is CN(C)C1Cc2cc(Cl)cc(C#N)c2C1. The summed E-state index contributed by atoms with van der Waals surface area (Å²) in [5.41, 5.74) is 3.15. The van der Waals surface area contributed by atoms with Crippen LogP contribution in [0.4, 0.5) is 0 Å².